The van der Waals surface area contributed by atoms with Gasteiger partial charge < -0.3 is 14.8 Å². The minimum atomic E-state index is -0.378. The molecule has 0 bridgehead atoms. The Balaban J connectivity index is 1.93. The molecule has 0 aromatic heterocycles. The van der Waals surface area contributed by atoms with Gasteiger partial charge in [0.15, 0.2) is 6.61 Å². The number of amides is 1. The van der Waals surface area contributed by atoms with Crippen LogP contribution in [-0.4, -0.2) is 25.1 Å². The highest BCUT2D eigenvalue weighted by Gasteiger charge is 2.10. The summed E-state index contributed by atoms with van der Waals surface area (Å²) in [4.78, 5) is 23.7. The van der Waals surface area contributed by atoms with E-state index in [4.69, 9.17) is 9.47 Å². The summed E-state index contributed by atoms with van der Waals surface area (Å²) in [5, 5.41) is 2.88. The molecule has 0 atom stereocenters. The monoisotopic (exact) mass is 341 g/mol. The fraction of sp³-hybridized carbons (Fsp3) is 0.300. The summed E-state index contributed by atoms with van der Waals surface area (Å²) < 4.78 is 10.4. The topological polar surface area (TPSA) is 64.6 Å². The number of aryl methyl sites for hydroxylation is 3. The number of anilines is 1. The number of carbonyl (C=O) groups is 2. The third kappa shape index (κ3) is 5.08. The highest BCUT2D eigenvalue weighted by molar-refractivity contribution is 5.93. The van der Waals surface area contributed by atoms with Gasteiger partial charge in [0.05, 0.1) is 12.2 Å². The standard InChI is InChI=1S/C20H23NO4/c1-5-24-20(23)16-6-8-17(9-7-16)25-12-18(22)21-19-14(3)10-13(2)11-15(19)4/h6-11H,5,12H2,1-4H3,(H,21,22). The van der Waals surface area contributed by atoms with Gasteiger partial charge >= 0.3 is 5.97 Å². The van der Waals surface area contributed by atoms with Crippen molar-refractivity contribution >= 4 is 17.6 Å². The summed E-state index contributed by atoms with van der Waals surface area (Å²) in [6, 6.07) is 10.6. The lowest BCUT2D eigenvalue weighted by Crippen LogP contribution is -2.21. The maximum atomic E-state index is 12.1. The first-order chi connectivity index (χ1) is 11.9. The Labute approximate surface area is 148 Å². The number of rotatable bonds is 6. The smallest absolute Gasteiger partial charge is 0.338 e. The van der Waals surface area contributed by atoms with E-state index < -0.39 is 0 Å². The summed E-state index contributed by atoms with van der Waals surface area (Å²) >= 11 is 0. The van der Waals surface area contributed by atoms with Crippen LogP contribution in [0.2, 0.25) is 0 Å². The summed E-state index contributed by atoms with van der Waals surface area (Å²) in [7, 11) is 0. The molecule has 0 aliphatic heterocycles. The molecule has 0 saturated heterocycles. The van der Waals surface area contributed by atoms with Crippen LogP contribution in [0.5, 0.6) is 5.75 Å². The van der Waals surface area contributed by atoms with Gasteiger partial charge in [-0.15, -0.1) is 0 Å². The Kier molecular flexibility index (Phi) is 6.17. The van der Waals surface area contributed by atoms with Crippen LogP contribution < -0.4 is 10.1 Å². The van der Waals surface area contributed by atoms with E-state index in [1.807, 2.05) is 32.9 Å². The Morgan fingerprint density at radius 2 is 1.60 bits per heavy atom. The largest absolute Gasteiger partial charge is 0.484 e. The summed E-state index contributed by atoms with van der Waals surface area (Å²) in [6.45, 7) is 7.93. The number of esters is 1. The van der Waals surface area contributed by atoms with Gasteiger partial charge in [0.1, 0.15) is 5.75 Å². The van der Waals surface area contributed by atoms with E-state index in [0.29, 0.717) is 17.9 Å². The van der Waals surface area contributed by atoms with E-state index in [1.54, 1.807) is 31.2 Å². The molecule has 0 radical (unpaired) electrons. The van der Waals surface area contributed by atoms with Gasteiger partial charge in [0.2, 0.25) is 0 Å². The van der Waals surface area contributed by atoms with Crippen molar-refractivity contribution in [1.29, 1.82) is 0 Å². The Morgan fingerprint density at radius 1 is 1.00 bits per heavy atom. The molecule has 132 valence electrons. The normalized spacial score (nSPS) is 10.2. The minimum Gasteiger partial charge on any atom is -0.484 e. The van der Waals surface area contributed by atoms with E-state index >= 15 is 0 Å². The first kappa shape index (κ1) is 18.5. The molecule has 0 aliphatic rings. The highest BCUT2D eigenvalue weighted by Crippen LogP contribution is 2.22. The molecule has 0 unspecified atom stereocenters. The lowest BCUT2D eigenvalue weighted by atomic mass is 10.1. The van der Waals surface area contributed by atoms with E-state index in [-0.39, 0.29) is 18.5 Å². The zero-order valence-electron chi connectivity index (χ0n) is 15.0. The fourth-order valence-electron chi connectivity index (χ4n) is 2.60. The molecule has 1 N–H and O–H groups in total. The van der Waals surface area contributed by atoms with Gasteiger partial charge in [-0.1, -0.05) is 17.7 Å². The molecule has 0 fully saturated rings. The van der Waals surface area contributed by atoms with Crippen molar-refractivity contribution in [3.63, 3.8) is 0 Å². The second-order valence-corrected chi connectivity index (χ2v) is 5.86. The third-order valence-corrected chi connectivity index (χ3v) is 3.68. The number of carbonyl (C=O) groups excluding carboxylic acids is 2. The van der Waals surface area contributed by atoms with Crippen molar-refractivity contribution in [3.05, 3.63) is 58.7 Å². The van der Waals surface area contributed by atoms with E-state index in [9.17, 15) is 9.59 Å². The molecular formula is C20H23NO4. The van der Waals surface area contributed by atoms with Crippen LogP contribution in [-0.2, 0) is 9.53 Å². The van der Waals surface area contributed by atoms with Crippen LogP contribution in [0, 0.1) is 20.8 Å². The van der Waals surface area contributed by atoms with E-state index in [2.05, 4.69) is 5.32 Å². The molecule has 5 heteroatoms. The number of hydrogen-bond donors (Lipinski definition) is 1. The van der Waals surface area contributed by atoms with Crippen LogP contribution in [0.25, 0.3) is 0 Å². The molecular weight excluding hydrogens is 318 g/mol. The second-order valence-electron chi connectivity index (χ2n) is 5.86. The molecule has 2 aromatic carbocycles. The van der Waals surface area contributed by atoms with Crippen molar-refractivity contribution in [2.24, 2.45) is 0 Å². The SMILES string of the molecule is CCOC(=O)c1ccc(OCC(=O)Nc2c(C)cc(C)cc2C)cc1. The van der Waals surface area contributed by atoms with E-state index in [0.717, 1.165) is 22.4 Å². The van der Waals surface area contributed by atoms with Crippen molar-refractivity contribution in [2.45, 2.75) is 27.7 Å². The van der Waals surface area contributed by atoms with Crippen LogP contribution in [0.15, 0.2) is 36.4 Å². The van der Waals surface area contributed by atoms with Gasteiger partial charge in [-0.25, -0.2) is 4.79 Å². The van der Waals surface area contributed by atoms with Crippen LogP contribution in [0.4, 0.5) is 5.69 Å². The summed E-state index contributed by atoms with van der Waals surface area (Å²) in [6.07, 6.45) is 0. The minimum absolute atomic E-state index is 0.106. The quantitative estimate of drug-likeness (QED) is 0.812. The van der Waals surface area contributed by atoms with Crippen molar-refractivity contribution in [3.8, 4) is 5.75 Å². The molecule has 1 amide bonds. The van der Waals surface area contributed by atoms with Crippen molar-refractivity contribution in [2.75, 3.05) is 18.5 Å². The molecule has 5 nitrogen and oxygen atoms in total. The van der Waals surface area contributed by atoms with Gasteiger partial charge in [-0.2, -0.15) is 0 Å². The Hall–Kier alpha value is -2.82. The Bertz CT molecular complexity index is 743. The third-order valence-electron chi connectivity index (χ3n) is 3.68. The zero-order chi connectivity index (χ0) is 18.4. The fourth-order valence-corrected chi connectivity index (χ4v) is 2.60. The van der Waals surface area contributed by atoms with Crippen LogP contribution in [0.3, 0.4) is 0 Å². The van der Waals surface area contributed by atoms with Crippen LogP contribution in [0.1, 0.15) is 34.0 Å². The zero-order valence-corrected chi connectivity index (χ0v) is 15.0. The number of benzene rings is 2. The van der Waals surface area contributed by atoms with Crippen LogP contribution >= 0.6 is 0 Å². The van der Waals surface area contributed by atoms with Gasteiger partial charge in [0.25, 0.3) is 5.91 Å². The first-order valence-electron chi connectivity index (χ1n) is 8.18. The molecule has 0 aliphatic carbocycles. The number of hydrogen-bond acceptors (Lipinski definition) is 4. The maximum absolute atomic E-state index is 12.1. The Morgan fingerprint density at radius 3 is 2.16 bits per heavy atom. The molecule has 2 rings (SSSR count). The highest BCUT2D eigenvalue weighted by atomic mass is 16.5. The number of nitrogens with one attached hydrogen (secondary N) is 1. The maximum Gasteiger partial charge on any atom is 0.338 e. The summed E-state index contributed by atoms with van der Waals surface area (Å²) in [5.41, 5.74) is 4.46. The molecule has 0 spiro atoms. The molecule has 2 aromatic rings. The van der Waals surface area contributed by atoms with Crippen molar-refractivity contribution < 1.29 is 19.1 Å². The lowest BCUT2D eigenvalue weighted by molar-refractivity contribution is -0.118. The average Bonchev–Trinajstić information content (AvgIpc) is 2.57. The van der Waals surface area contributed by atoms with Gasteiger partial charge in [-0.3, -0.25) is 4.79 Å². The molecule has 0 heterocycles. The average molecular weight is 341 g/mol. The molecule has 0 saturated carbocycles. The summed E-state index contributed by atoms with van der Waals surface area (Å²) in [5.74, 6) is -0.0952. The predicted octanol–water partition coefficient (Wildman–Crippen LogP) is 3.81. The van der Waals surface area contributed by atoms with Gasteiger partial charge in [0, 0.05) is 5.69 Å². The number of ether oxygens (including phenoxy) is 2. The first-order valence-corrected chi connectivity index (χ1v) is 8.18. The van der Waals surface area contributed by atoms with Gasteiger partial charge in [-0.05, 0) is 63.1 Å². The predicted molar refractivity (Wildman–Crippen MR) is 97.2 cm³/mol. The molecule has 25 heavy (non-hydrogen) atoms. The lowest BCUT2D eigenvalue weighted by Gasteiger charge is -2.13. The second kappa shape index (κ2) is 8.33. The van der Waals surface area contributed by atoms with E-state index in [1.165, 1.54) is 0 Å². The van der Waals surface area contributed by atoms with Crippen molar-refractivity contribution in [1.82, 2.24) is 0 Å².